The number of fused-ring (bicyclic) bond motifs is 2. The third-order valence-corrected chi connectivity index (χ3v) is 4.85. The SMILES string of the molecule is COc1ccc2nc(C(=O)N3CCc4c(cccc4OC)C3)ccc2c1. The summed E-state index contributed by atoms with van der Waals surface area (Å²) in [6.07, 6.45) is 0.788. The number of aromatic nitrogens is 1. The lowest BCUT2D eigenvalue weighted by Crippen LogP contribution is -2.36. The quantitative estimate of drug-likeness (QED) is 0.727. The molecule has 0 fully saturated rings. The molecule has 1 aromatic heterocycles. The van der Waals surface area contributed by atoms with Crippen LogP contribution in [-0.4, -0.2) is 36.6 Å². The molecule has 3 aromatic rings. The van der Waals surface area contributed by atoms with Gasteiger partial charge in [0, 0.05) is 24.0 Å². The van der Waals surface area contributed by atoms with E-state index in [-0.39, 0.29) is 5.91 Å². The van der Waals surface area contributed by atoms with Crippen molar-refractivity contribution < 1.29 is 14.3 Å². The van der Waals surface area contributed by atoms with Gasteiger partial charge < -0.3 is 14.4 Å². The summed E-state index contributed by atoms with van der Waals surface area (Å²) in [5, 5.41) is 0.953. The first kappa shape index (κ1) is 16.4. The molecule has 0 saturated heterocycles. The van der Waals surface area contributed by atoms with Crippen molar-refractivity contribution in [3.05, 3.63) is 65.4 Å². The highest BCUT2D eigenvalue weighted by Crippen LogP contribution is 2.28. The van der Waals surface area contributed by atoms with Crippen LogP contribution in [0.2, 0.25) is 0 Å². The van der Waals surface area contributed by atoms with Crippen LogP contribution in [0.5, 0.6) is 11.5 Å². The highest BCUT2D eigenvalue weighted by Gasteiger charge is 2.24. The maximum atomic E-state index is 12.9. The fourth-order valence-electron chi connectivity index (χ4n) is 3.45. The Kier molecular flexibility index (Phi) is 4.21. The Labute approximate surface area is 152 Å². The fraction of sp³-hybridized carbons (Fsp3) is 0.238. The smallest absolute Gasteiger partial charge is 0.272 e. The number of amides is 1. The van der Waals surface area contributed by atoms with Gasteiger partial charge in [-0.3, -0.25) is 4.79 Å². The standard InChI is InChI=1S/C21H20N2O3/c1-25-16-7-9-18-14(12-16)6-8-19(22-18)21(24)23-11-10-17-15(13-23)4-3-5-20(17)26-2/h3-9,12H,10-11,13H2,1-2H3. The molecule has 4 rings (SSSR count). The molecule has 26 heavy (non-hydrogen) atoms. The van der Waals surface area contributed by atoms with E-state index in [1.165, 1.54) is 5.56 Å². The summed E-state index contributed by atoms with van der Waals surface area (Å²) >= 11 is 0. The molecule has 5 heteroatoms. The van der Waals surface area contributed by atoms with Gasteiger partial charge in [0.05, 0.1) is 19.7 Å². The number of hydrogen-bond donors (Lipinski definition) is 0. The normalized spacial score (nSPS) is 13.4. The van der Waals surface area contributed by atoms with Crippen molar-refractivity contribution in [2.45, 2.75) is 13.0 Å². The Bertz CT molecular complexity index is 984. The number of rotatable bonds is 3. The summed E-state index contributed by atoms with van der Waals surface area (Å²) in [5.74, 6) is 1.63. The number of carbonyl (C=O) groups excluding carboxylic acids is 1. The first-order chi connectivity index (χ1) is 12.7. The van der Waals surface area contributed by atoms with Gasteiger partial charge in [0.2, 0.25) is 0 Å². The number of pyridine rings is 1. The van der Waals surface area contributed by atoms with Crippen molar-refractivity contribution in [1.82, 2.24) is 9.88 Å². The minimum atomic E-state index is -0.0452. The van der Waals surface area contributed by atoms with Crippen molar-refractivity contribution in [2.75, 3.05) is 20.8 Å². The molecule has 0 saturated carbocycles. The summed E-state index contributed by atoms with van der Waals surface area (Å²) in [6.45, 7) is 1.24. The lowest BCUT2D eigenvalue weighted by atomic mass is 9.98. The van der Waals surface area contributed by atoms with Gasteiger partial charge in [-0.05, 0) is 42.3 Å². The monoisotopic (exact) mass is 348 g/mol. The van der Waals surface area contributed by atoms with Crippen LogP contribution in [0, 0.1) is 0 Å². The van der Waals surface area contributed by atoms with Crippen LogP contribution in [0.4, 0.5) is 0 Å². The second-order valence-corrected chi connectivity index (χ2v) is 6.33. The van der Waals surface area contributed by atoms with Gasteiger partial charge in [0.1, 0.15) is 17.2 Å². The first-order valence-electron chi connectivity index (χ1n) is 8.58. The van der Waals surface area contributed by atoms with Crippen LogP contribution in [0.25, 0.3) is 10.9 Å². The number of nitrogens with zero attached hydrogens (tertiary/aromatic N) is 2. The number of ether oxygens (including phenoxy) is 2. The first-order valence-corrected chi connectivity index (χ1v) is 8.58. The van der Waals surface area contributed by atoms with Crippen LogP contribution >= 0.6 is 0 Å². The second kappa shape index (κ2) is 6.67. The molecule has 1 amide bonds. The lowest BCUT2D eigenvalue weighted by Gasteiger charge is -2.29. The van der Waals surface area contributed by atoms with E-state index in [0.717, 1.165) is 34.4 Å². The van der Waals surface area contributed by atoms with Gasteiger partial charge in [-0.2, -0.15) is 0 Å². The Morgan fingerprint density at radius 3 is 2.77 bits per heavy atom. The molecule has 0 aliphatic carbocycles. The minimum Gasteiger partial charge on any atom is -0.497 e. The molecular weight excluding hydrogens is 328 g/mol. The van der Waals surface area contributed by atoms with Crippen molar-refractivity contribution in [3.63, 3.8) is 0 Å². The molecule has 1 aliphatic heterocycles. The predicted molar refractivity (Wildman–Crippen MR) is 99.7 cm³/mol. The summed E-state index contributed by atoms with van der Waals surface area (Å²) in [5.41, 5.74) is 3.58. The summed E-state index contributed by atoms with van der Waals surface area (Å²) in [4.78, 5) is 19.3. The van der Waals surface area contributed by atoms with E-state index in [4.69, 9.17) is 9.47 Å². The van der Waals surface area contributed by atoms with E-state index >= 15 is 0 Å². The van der Waals surface area contributed by atoms with Gasteiger partial charge in [-0.15, -0.1) is 0 Å². The van der Waals surface area contributed by atoms with Gasteiger partial charge >= 0.3 is 0 Å². The van der Waals surface area contributed by atoms with Crippen LogP contribution in [0.15, 0.2) is 48.5 Å². The molecule has 2 aromatic carbocycles. The fourth-order valence-corrected chi connectivity index (χ4v) is 3.45. The minimum absolute atomic E-state index is 0.0452. The highest BCUT2D eigenvalue weighted by atomic mass is 16.5. The van der Waals surface area contributed by atoms with E-state index in [9.17, 15) is 4.79 Å². The van der Waals surface area contributed by atoms with E-state index in [1.54, 1.807) is 20.3 Å². The summed E-state index contributed by atoms with van der Waals surface area (Å²) < 4.78 is 10.7. The average molecular weight is 348 g/mol. The van der Waals surface area contributed by atoms with Crippen molar-refractivity contribution in [3.8, 4) is 11.5 Å². The maximum absolute atomic E-state index is 12.9. The number of hydrogen-bond acceptors (Lipinski definition) is 4. The summed E-state index contributed by atoms with van der Waals surface area (Å²) in [6, 6.07) is 15.3. The number of methoxy groups -OCH3 is 2. The molecule has 0 atom stereocenters. The van der Waals surface area contributed by atoms with Crippen molar-refractivity contribution in [1.29, 1.82) is 0 Å². The van der Waals surface area contributed by atoms with Gasteiger partial charge in [0.15, 0.2) is 0 Å². The third-order valence-electron chi connectivity index (χ3n) is 4.85. The topological polar surface area (TPSA) is 51.7 Å². The average Bonchev–Trinajstić information content (AvgIpc) is 2.71. The van der Waals surface area contributed by atoms with Gasteiger partial charge in [0.25, 0.3) is 5.91 Å². The molecule has 132 valence electrons. The zero-order chi connectivity index (χ0) is 18.1. The Morgan fingerprint density at radius 1 is 1.08 bits per heavy atom. The Balaban J connectivity index is 1.60. The highest BCUT2D eigenvalue weighted by molar-refractivity contribution is 5.95. The van der Waals surface area contributed by atoms with Crippen molar-refractivity contribution in [2.24, 2.45) is 0 Å². The molecule has 0 unspecified atom stereocenters. The molecule has 0 N–H and O–H groups in total. The molecule has 0 bridgehead atoms. The van der Waals surface area contributed by atoms with Crippen LogP contribution in [0.3, 0.4) is 0 Å². The van der Waals surface area contributed by atoms with Crippen LogP contribution in [-0.2, 0) is 13.0 Å². The van der Waals surface area contributed by atoms with Gasteiger partial charge in [-0.25, -0.2) is 4.98 Å². The predicted octanol–water partition coefficient (Wildman–Crippen LogP) is 3.45. The molecule has 2 heterocycles. The molecule has 0 radical (unpaired) electrons. The van der Waals surface area contributed by atoms with E-state index in [1.807, 2.05) is 41.3 Å². The third kappa shape index (κ3) is 2.86. The van der Waals surface area contributed by atoms with Crippen molar-refractivity contribution >= 4 is 16.8 Å². The summed E-state index contributed by atoms with van der Waals surface area (Å²) in [7, 11) is 3.32. The lowest BCUT2D eigenvalue weighted by molar-refractivity contribution is 0.0728. The number of carbonyl (C=O) groups is 1. The van der Waals surface area contributed by atoms with E-state index < -0.39 is 0 Å². The zero-order valence-corrected chi connectivity index (χ0v) is 14.9. The zero-order valence-electron chi connectivity index (χ0n) is 14.9. The molecule has 0 spiro atoms. The van der Waals surface area contributed by atoms with E-state index in [0.29, 0.717) is 18.8 Å². The van der Waals surface area contributed by atoms with E-state index in [2.05, 4.69) is 11.1 Å². The molecular formula is C21H20N2O3. The van der Waals surface area contributed by atoms with Crippen LogP contribution in [0.1, 0.15) is 21.6 Å². The second-order valence-electron chi connectivity index (χ2n) is 6.33. The largest absolute Gasteiger partial charge is 0.497 e. The van der Waals surface area contributed by atoms with Crippen LogP contribution < -0.4 is 9.47 Å². The molecule has 5 nitrogen and oxygen atoms in total. The Hall–Kier alpha value is -3.08. The Morgan fingerprint density at radius 2 is 1.96 bits per heavy atom. The maximum Gasteiger partial charge on any atom is 0.272 e. The van der Waals surface area contributed by atoms with Gasteiger partial charge in [-0.1, -0.05) is 18.2 Å². The molecule has 1 aliphatic rings. The number of benzene rings is 2.